The smallest absolute Gasteiger partial charge is 0.175 e. The average molecular weight is 328 g/mol. The van der Waals surface area contributed by atoms with Crippen molar-refractivity contribution in [1.29, 1.82) is 0 Å². The summed E-state index contributed by atoms with van der Waals surface area (Å²) in [6.07, 6.45) is 2.50. The van der Waals surface area contributed by atoms with Gasteiger partial charge in [-0.15, -0.1) is 0 Å². The summed E-state index contributed by atoms with van der Waals surface area (Å²) >= 11 is 3.54. The first-order chi connectivity index (χ1) is 9.22. The van der Waals surface area contributed by atoms with Crippen molar-refractivity contribution < 1.29 is 14.6 Å². The van der Waals surface area contributed by atoms with Crippen molar-refractivity contribution >= 4 is 15.9 Å². The number of benzene rings is 1. The second-order valence-electron chi connectivity index (χ2n) is 5.16. The zero-order valence-corrected chi connectivity index (χ0v) is 12.3. The van der Waals surface area contributed by atoms with Gasteiger partial charge in [0.25, 0.3) is 0 Å². The molecule has 1 aliphatic carbocycles. The number of ether oxygens (including phenoxy) is 2. The van der Waals surface area contributed by atoms with E-state index in [1.165, 1.54) is 0 Å². The SMILES string of the molecule is OC1CC(NCc2cc(Br)c3c(c2)OCCCO3)C1. The molecule has 0 aromatic heterocycles. The third-order valence-electron chi connectivity index (χ3n) is 3.57. The van der Waals surface area contributed by atoms with E-state index in [4.69, 9.17) is 9.47 Å². The molecule has 1 aliphatic heterocycles. The van der Waals surface area contributed by atoms with E-state index in [1.54, 1.807) is 0 Å². The first kappa shape index (κ1) is 13.2. The lowest BCUT2D eigenvalue weighted by Gasteiger charge is -2.32. The van der Waals surface area contributed by atoms with E-state index in [-0.39, 0.29) is 6.10 Å². The van der Waals surface area contributed by atoms with Gasteiger partial charge in [0, 0.05) is 19.0 Å². The van der Waals surface area contributed by atoms with Crippen LogP contribution in [-0.2, 0) is 6.54 Å². The zero-order valence-electron chi connectivity index (χ0n) is 10.7. The Morgan fingerprint density at radius 2 is 2.05 bits per heavy atom. The predicted octanol–water partition coefficient (Wildman–Crippen LogP) is 2.22. The molecule has 2 aliphatic rings. The molecule has 0 spiro atoms. The first-order valence-electron chi connectivity index (χ1n) is 6.72. The molecular weight excluding hydrogens is 310 g/mol. The first-order valence-corrected chi connectivity index (χ1v) is 7.51. The van der Waals surface area contributed by atoms with E-state index in [0.29, 0.717) is 19.3 Å². The Kier molecular flexibility index (Phi) is 3.96. The second-order valence-corrected chi connectivity index (χ2v) is 6.01. The lowest BCUT2D eigenvalue weighted by atomic mass is 9.89. The number of aliphatic hydroxyl groups excluding tert-OH is 1. The van der Waals surface area contributed by atoms with E-state index in [1.807, 2.05) is 6.07 Å². The van der Waals surface area contributed by atoms with Gasteiger partial charge in [0.1, 0.15) is 0 Å². The number of aliphatic hydroxyl groups is 1. The average Bonchev–Trinajstić information content (AvgIpc) is 2.59. The minimum absolute atomic E-state index is 0.118. The molecule has 0 unspecified atom stereocenters. The van der Waals surface area contributed by atoms with Gasteiger partial charge in [-0.1, -0.05) is 0 Å². The fourth-order valence-electron chi connectivity index (χ4n) is 2.40. The van der Waals surface area contributed by atoms with Gasteiger partial charge in [-0.25, -0.2) is 0 Å². The van der Waals surface area contributed by atoms with Crippen LogP contribution in [0.2, 0.25) is 0 Å². The number of halogens is 1. The van der Waals surface area contributed by atoms with Gasteiger partial charge in [-0.3, -0.25) is 0 Å². The van der Waals surface area contributed by atoms with Crippen LogP contribution in [0.1, 0.15) is 24.8 Å². The Morgan fingerprint density at radius 3 is 2.84 bits per heavy atom. The molecular formula is C14H18BrNO3. The molecule has 19 heavy (non-hydrogen) atoms. The number of nitrogens with one attached hydrogen (secondary N) is 1. The molecule has 3 rings (SSSR count). The van der Waals surface area contributed by atoms with Crippen molar-refractivity contribution in [2.45, 2.75) is 38.0 Å². The van der Waals surface area contributed by atoms with Crippen molar-refractivity contribution in [3.8, 4) is 11.5 Å². The minimum atomic E-state index is -0.118. The normalized spacial score (nSPS) is 25.6. The van der Waals surface area contributed by atoms with Crippen LogP contribution in [0, 0.1) is 0 Å². The Morgan fingerprint density at radius 1 is 1.26 bits per heavy atom. The Bertz CT molecular complexity index is 460. The van der Waals surface area contributed by atoms with E-state index < -0.39 is 0 Å². The number of fused-ring (bicyclic) bond motifs is 1. The van der Waals surface area contributed by atoms with E-state index in [2.05, 4.69) is 27.3 Å². The summed E-state index contributed by atoms with van der Waals surface area (Å²) < 4.78 is 12.3. The van der Waals surface area contributed by atoms with Crippen LogP contribution < -0.4 is 14.8 Å². The highest BCUT2D eigenvalue weighted by atomic mass is 79.9. The lowest BCUT2D eigenvalue weighted by molar-refractivity contribution is 0.0619. The van der Waals surface area contributed by atoms with Gasteiger partial charge in [-0.05, 0) is 46.5 Å². The molecule has 4 nitrogen and oxygen atoms in total. The molecule has 1 aromatic carbocycles. The Hall–Kier alpha value is -0.780. The van der Waals surface area contributed by atoms with Crippen molar-refractivity contribution in [2.75, 3.05) is 13.2 Å². The summed E-state index contributed by atoms with van der Waals surface area (Å²) in [5.41, 5.74) is 1.16. The molecule has 1 heterocycles. The maximum absolute atomic E-state index is 9.26. The largest absolute Gasteiger partial charge is 0.490 e. The fourth-order valence-corrected chi connectivity index (χ4v) is 3.01. The lowest BCUT2D eigenvalue weighted by Crippen LogP contribution is -2.43. The Balaban J connectivity index is 1.68. The van der Waals surface area contributed by atoms with Crippen LogP contribution >= 0.6 is 15.9 Å². The molecule has 2 N–H and O–H groups in total. The van der Waals surface area contributed by atoms with Gasteiger partial charge in [0.2, 0.25) is 0 Å². The van der Waals surface area contributed by atoms with Crippen LogP contribution in [0.25, 0.3) is 0 Å². The molecule has 0 saturated heterocycles. The molecule has 0 atom stereocenters. The summed E-state index contributed by atoms with van der Waals surface area (Å²) in [4.78, 5) is 0. The molecule has 0 amide bonds. The van der Waals surface area contributed by atoms with Gasteiger partial charge in [0.15, 0.2) is 11.5 Å². The van der Waals surface area contributed by atoms with Gasteiger partial charge in [-0.2, -0.15) is 0 Å². The summed E-state index contributed by atoms with van der Waals surface area (Å²) in [6.45, 7) is 2.18. The summed E-state index contributed by atoms with van der Waals surface area (Å²) in [5, 5.41) is 12.7. The van der Waals surface area contributed by atoms with Gasteiger partial charge < -0.3 is 19.9 Å². The van der Waals surface area contributed by atoms with Crippen molar-refractivity contribution in [3.05, 3.63) is 22.2 Å². The Labute approximate surface area is 121 Å². The van der Waals surface area contributed by atoms with Crippen molar-refractivity contribution in [2.24, 2.45) is 0 Å². The molecule has 0 radical (unpaired) electrons. The van der Waals surface area contributed by atoms with E-state index in [9.17, 15) is 5.11 Å². The highest BCUT2D eigenvalue weighted by Gasteiger charge is 2.26. The maximum Gasteiger partial charge on any atom is 0.175 e. The molecule has 1 fully saturated rings. The van der Waals surface area contributed by atoms with Crippen molar-refractivity contribution in [1.82, 2.24) is 5.32 Å². The number of hydrogen-bond acceptors (Lipinski definition) is 4. The third kappa shape index (κ3) is 3.04. The van der Waals surface area contributed by atoms with Gasteiger partial charge in [0.05, 0.1) is 23.8 Å². The van der Waals surface area contributed by atoms with E-state index >= 15 is 0 Å². The summed E-state index contributed by atoms with van der Waals surface area (Å²) in [5.74, 6) is 1.62. The topological polar surface area (TPSA) is 50.7 Å². The fraction of sp³-hybridized carbons (Fsp3) is 0.571. The minimum Gasteiger partial charge on any atom is -0.490 e. The number of hydrogen-bond donors (Lipinski definition) is 2. The van der Waals surface area contributed by atoms with Crippen LogP contribution in [0.3, 0.4) is 0 Å². The quantitative estimate of drug-likeness (QED) is 0.893. The van der Waals surface area contributed by atoms with Gasteiger partial charge >= 0.3 is 0 Å². The molecule has 1 aromatic rings. The third-order valence-corrected chi connectivity index (χ3v) is 4.16. The molecule has 5 heteroatoms. The monoisotopic (exact) mass is 327 g/mol. The summed E-state index contributed by atoms with van der Waals surface area (Å²) in [6, 6.07) is 4.54. The highest BCUT2D eigenvalue weighted by Crippen LogP contribution is 2.38. The van der Waals surface area contributed by atoms with Crippen LogP contribution in [-0.4, -0.2) is 30.5 Å². The molecule has 0 bridgehead atoms. The van der Waals surface area contributed by atoms with Crippen LogP contribution in [0.4, 0.5) is 0 Å². The standard InChI is InChI=1S/C14H18BrNO3/c15-12-4-9(8-16-10-6-11(17)7-10)5-13-14(12)19-3-1-2-18-13/h4-5,10-11,16-17H,1-3,6-8H2. The van der Waals surface area contributed by atoms with Crippen molar-refractivity contribution in [3.63, 3.8) is 0 Å². The number of rotatable bonds is 3. The zero-order chi connectivity index (χ0) is 13.2. The van der Waals surface area contributed by atoms with E-state index in [0.717, 1.165) is 47.3 Å². The highest BCUT2D eigenvalue weighted by molar-refractivity contribution is 9.10. The van der Waals surface area contributed by atoms with Crippen LogP contribution in [0.15, 0.2) is 16.6 Å². The predicted molar refractivity (Wildman–Crippen MR) is 75.6 cm³/mol. The summed E-state index contributed by atoms with van der Waals surface area (Å²) in [7, 11) is 0. The molecule has 1 saturated carbocycles. The van der Waals surface area contributed by atoms with Crippen LogP contribution in [0.5, 0.6) is 11.5 Å². The second kappa shape index (κ2) is 5.69. The maximum atomic E-state index is 9.26. The molecule has 104 valence electrons.